The van der Waals surface area contributed by atoms with Crippen molar-refractivity contribution in [2.45, 2.75) is 25.4 Å². The third-order valence-corrected chi connectivity index (χ3v) is 3.37. The van der Waals surface area contributed by atoms with E-state index in [2.05, 4.69) is 10.2 Å². The molecule has 0 bridgehead atoms. The Morgan fingerprint density at radius 3 is 2.89 bits per heavy atom. The van der Waals surface area contributed by atoms with Crippen molar-refractivity contribution < 1.29 is 9.53 Å². The number of carbonyl (C=O) groups is 1. The maximum absolute atomic E-state index is 12.1. The lowest BCUT2D eigenvalue weighted by Crippen LogP contribution is -2.59. The van der Waals surface area contributed by atoms with Gasteiger partial charge in [-0.25, -0.2) is 0 Å². The normalized spacial score (nSPS) is 23.1. The van der Waals surface area contributed by atoms with E-state index >= 15 is 0 Å². The van der Waals surface area contributed by atoms with E-state index in [1.165, 1.54) is 0 Å². The molecule has 2 atom stereocenters. The molecule has 1 amide bonds. The number of piperazine rings is 1. The Kier molecular flexibility index (Phi) is 4.27. The zero-order chi connectivity index (χ0) is 13.8. The first-order valence-corrected chi connectivity index (χ1v) is 6.57. The van der Waals surface area contributed by atoms with E-state index in [1.807, 2.05) is 31.2 Å². The lowest BCUT2D eigenvalue weighted by molar-refractivity contribution is -0.124. The third kappa shape index (κ3) is 2.81. The number of amides is 1. The summed E-state index contributed by atoms with van der Waals surface area (Å²) >= 11 is 0. The van der Waals surface area contributed by atoms with Crippen molar-refractivity contribution in [2.24, 2.45) is 5.73 Å². The second-order valence-electron chi connectivity index (χ2n) is 4.83. The number of ether oxygens (including phenoxy) is 1. The largest absolute Gasteiger partial charge is 0.495 e. The van der Waals surface area contributed by atoms with E-state index in [-0.39, 0.29) is 18.0 Å². The first kappa shape index (κ1) is 13.7. The Morgan fingerprint density at radius 1 is 1.47 bits per heavy atom. The number of nitrogens with one attached hydrogen (secondary N) is 1. The molecule has 0 aliphatic carbocycles. The topological polar surface area (TPSA) is 67.6 Å². The Morgan fingerprint density at radius 2 is 2.21 bits per heavy atom. The molecule has 5 nitrogen and oxygen atoms in total. The van der Waals surface area contributed by atoms with Crippen LogP contribution in [0.25, 0.3) is 0 Å². The molecule has 3 N–H and O–H groups in total. The maximum Gasteiger partial charge on any atom is 0.243 e. The maximum atomic E-state index is 12.1. The number of para-hydroxylation sites is 2. The highest BCUT2D eigenvalue weighted by molar-refractivity contribution is 5.87. The Balaban J connectivity index is 2.34. The minimum atomic E-state index is -0.225. The Hall–Kier alpha value is -1.75. The number of nitrogens with zero attached hydrogens (tertiary/aromatic N) is 1. The minimum Gasteiger partial charge on any atom is -0.495 e. The molecule has 0 radical (unpaired) electrons. The van der Waals surface area contributed by atoms with E-state index in [0.717, 1.165) is 18.0 Å². The van der Waals surface area contributed by atoms with E-state index in [0.29, 0.717) is 13.0 Å². The zero-order valence-electron chi connectivity index (χ0n) is 11.4. The summed E-state index contributed by atoms with van der Waals surface area (Å²) in [6.07, 6.45) is 0.636. The minimum absolute atomic E-state index is 0.0371. The monoisotopic (exact) mass is 263 g/mol. The van der Waals surface area contributed by atoms with E-state index in [9.17, 15) is 4.79 Å². The summed E-state index contributed by atoms with van der Waals surface area (Å²) in [6, 6.07) is 7.66. The van der Waals surface area contributed by atoms with Crippen LogP contribution in [0.2, 0.25) is 0 Å². The predicted octanol–water partition coefficient (Wildman–Crippen LogP) is 0.737. The molecule has 1 fully saturated rings. The molecule has 1 saturated heterocycles. The second-order valence-corrected chi connectivity index (χ2v) is 4.83. The first-order valence-electron chi connectivity index (χ1n) is 6.57. The van der Waals surface area contributed by atoms with Gasteiger partial charge in [0.2, 0.25) is 5.91 Å². The fraction of sp³-hybridized carbons (Fsp3) is 0.500. The summed E-state index contributed by atoms with van der Waals surface area (Å²) in [7, 11) is 1.64. The van der Waals surface area contributed by atoms with E-state index in [1.54, 1.807) is 7.11 Å². The van der Waals surface area contributed by atoms with Crippen molar-refractivity contribution in [1.29, 1.82) is 0 Å². The van der Waals surface area contributed by atoms with Crippen LogP contribution in [0.15, 0.2) is 24.3 Å². The Labute approximate surface area is 113 Å². The van der Waals surface area contributed by atoms with Gasteiger partial charge in [-0.2, -0.15) is 0 Å². The number of hydrogen-bond donors (Lipinski definition) is 2. The standard InChI is InChI=1S/C14H21N3O2/c1-10-9-17(12(7-8-15)14(18)16-10)11-5-3-4-6-13(11)19-2/h3-6,10,12H,7-9,15H2,1-2H3,(H,16,18). The summed E-state index contributed by atoms with van der Waals surface area (Å²) in [5.74, 6) is 0.821. The summed E-state index contributed by atoms with van der Waals surface area (Å²) in [6.45, 7) is 3.24. The first-order chi connectivity index (χ1) is 9.17. The lowest BCUT2D eigenvalue weighted by Gasteiger charge is -2.40. The molecule has 5 heteroatoms. The number of rotatable bonds is 4. The quantitative estimate of drug-likeness (QED) is 0.840. The zero-order valence-corrected chi connectivity index (χ0v) is 11.4. The second kappa shape index (κ2) is 5.93. The van der Waals surface area contributed by atoms with Gasteiger partial charge in [0.05, 0.1) is 12.8 Å². The van der Waals surface area contributed by atoms with Gasteiger partial charge in [-0.3, -0.25) is 4.79 Å². The van der Waals surface area contributed by atoms with Gasteiger partial charge in [0, 0.05) is 12.6 Å². The third-order valence-electron chi connectivity index (χ3n) is 3.37. The van der Waals surface area contributed by atoms with Crippen LogP contribution in [0.4, 0.5) is 5.69 Å². The molecule has 0 spiro atoms. The molecule has 1 aliphatic heterocycles. The molecule has 104 valence electrons. The van der Waals surface area contributed by atoms with Gasteiger partial charge in [-0.05, 0) is 32.0 Å². The van der Waals surface area contributed by atoms with Gasteiger partial charge < -0.3 is 20.7 Å². The van der Waals surface area contributed by atoms with Gasteiger partial charge in [0.25, 0.3) is 0 Å². The van der Waals surface area contributed by atoms with Crippen LogP contribution in [0.5, 0.6) is 5.75 Å². The number of carbonyl (C=O) groups excluding carboxylic acids is 1. The summed E-state index contributed by atoms with van der Waals surface area (Å²) in [5.41, 5.74) is 6.58. The molecule has 2 rings (SSSR count). The van der Waals surface area contributed by atoms with Gasteiger partial charge in [0.15, 0.2) is 0 Å². The van der Waals surface area contributed by atoms with Gasteiger partial charge in [-0.1, -0.05) is 12.1 Å². The molecule has 1 aromatic carbocycles. The van der Waals surface area contributed by atoms with Crippen molar-refractivity contribution in [3.8, 4) is 5.75 Å². The lowest BCUT2D eigenvalue weighted by atomic mass is 10.0. The number of nitrogens with two attached hydrogens (primary N) is 1. The molecule has 0 aromatic heterocycles. The van der Waals surface area contributed by atoms with Crippen LogP contribution in [0.3, 0.4) is 0 Å². The molecular formula is C14H21N3O2. The van der Waals surface area contributed by atoms with E-state index in [4.69, 9.17) is 10.5 Å². The van der Waals surface area contributed by atoms with Gasteiger partial charge in [-0.15, -0.1) is 0 Å². The number of benzene rings is 1. The van der Waals surface area contributed by atoms with Crippen molar-refractivity contribution in [1.82, 2.24) is 5.32 Å². The van der Waals surface area contributed by atoms with E-state index < -0.39 is 0 Å². The summed E-state index contributed by atoms with van der Waals surface area (Å²) < 4.78 is 5.39. The van der Waals surface area contributed by atoms with Crippen LogP contribution in [0.1, 0.15) is 13.3 Å². The number of methoxy groups -OCH3 is 1. The molecule has 19 heavy (non-hydrogen) atoms. The average Bonchev–Trinajstić information content (AvgIpc) is 2.41. The van der Waals surface area contributed by atoms with Crippen LogP contribution in [0, 0.1) is 0 Å². The smallest absolute Gasteiger partial charge is 0.243 e. The fourth-order valence-electron chi connectivity index (χ4n) is 2.53. The van der Waals surface area contributed by atoms with Crippen LogP contribution in [-0.4, -0.2) is 38.2 Å². The number of hydrogen-bond acceptors (Lipinski definition) is 4. The van der Waals surface area contributed by atoms with Crippen molar-refractivity contribution >= 4 is 11.6 Å². The number of anilines is 1. The van der Waals surface area contributed by atoms with Gasteiger partial charge in [0.1, 0.15) is 11.8 Å². The van der Waals surface area contributed by atoms with Gasteiger partial charge >= 0.3 is 0 Å². The van der Waals surface area contributed by atoms with Crippen molar-refractivity contribution in [2.75, 3.05) is 25.1 Å². The predicted molar refractivity (Wildman–Crippen MR) is 75.4 cm³/mol. The van der Waals surface area contributed by atoms with Crippen LogP contribution < -0.4 is 20.7 Å². The molecule has 1 aliphatic rings. The SMILES string of the molecule is COc1ccccc1N1CC(C)NC(=O)C1CCN. The summed E-state index contributed by atoms with van der Waals surface area (Å²) in [4.78, 5) is 14.2. The molecule has 0 saturated carbocycles. The highest BCUT2D eigenvalue weighted by Gasteiger charge is 2.33. The fourth-order valence-corrected chi connectivity index (χ4v) is 2.53. The molecule has 2 unspecified atom stereocenters. The highest BCUT2D eigenvalue weighted by Crippen LogP contribution is 2.31. The van der Waals surface area contributed by atoms with Crippen LogP contribution >= 0.6 is 0 Å². The molecular weight excluding hydrogens is 242 g/mol. The summed E-state index contributed by atoms with van der Waals surface area (Å²) in [5, 5.41) is 2.97. The Bertz CT molecular complexity index is 450. The molecule has 1 heterocycles. The molecule has 1 aromatic rings. The van der Waals surface area contributed by atoms with Crippen LogP contribution in [-0.2, 0) is 4.79 Å². The van der Waals surface area contributed by atoms with Crippen molar-refractivity contribution in [3.05, 3.63) is 24.3 Å². The highest BCUT2D eigenvalue weighted by atomic mass is 16.5. The average molecular weight is 263 g/mol. The van der Waals surface area contributed by atoms with Crippen molar-refractivity contribution in [3.63, 3.8) is 0 Å².